The summed E-state index contributed by atoms with van der Waals surface area (Å²) in [5.41, 5.74) is 0.333. The van der Waals surface area contributed by atoms with Gasteiger partial charge in [0.25, 0.3) is 17.7 Å². The molecule has 8 amide bonds. The molecule has 0 aromatic carbocycles. The summed E-state index contributed by atoms with van der Waals surface area (Å²) < 4.78 is 10.3. The van der Waals surface area contributed by atoms with Crippen LogP contribution in [-0.2, 0) is 28.7 Å². The van der Waals surface area contributed by atoms with Crippen LogP contribution in [0.2, 0.25) is 0 Å². The smallest absolute Gasteiger partial charge is 0.410 e. The molecule has 69 heavy (non-hydrogen) atoms. The SMILES string of the molecule is COC(=O)c1sccc1NC(=O)C1CCCN1C(=O)c1sccc1NC(=O)C1CCCN1C(=O)c1sccc1NC(=O)C1CCCN1C(=O)c1sccc1NC(=O)C1CCCN1C(=O)OC(C)(C)C. The number of anilines is 4. The summed E-state index contributed by atoms with van der Waals surface area (Å²) in [6.45, 7) is 6.49. The van der Waals surface area contributed by atoms with Crippen LogP contribution in [-0.4, -0.2) is 136 Å². The molecule has 4 aromatic rings. The molecule has 4 atom stereocenters. The van der Waals surface area contributed by atoms with Gasteiger partial charge in [0.1, 0.15) is 49.3 Å². The lowest BCUT2D eigenvalue weighted by atomic mass is 10.1. The van der Waals surface area contributed by atoms with E-state index >= 15 is 0 Å². The summed E-state index contributed by atoms with van der Waals surface area (Å²) >= 11 is 4.48. The molecule has 23 heteroatoms. The molecular formula is C46H52N8O11S4. The minimum atomic E-state index is -0.886. The van der Waals surface area contributed by atoms with Gasteiger partial charge in [-0.25, -0.2) is 9.59 Å². The molecule has 0 spiro atoms. The highest BCUT2D eigenvalue weighted by Crippen LogP contribution is 2.34. The fourth-order valence-electron chi connectivity index (χ4n) is 9.06. The van der Waals surface area contributed by atoms with E-state index in [0.717, 1.165) is 45.3 Å². The lowest BCUT2D eigenvalue weighted by molar-refractivity contribution is -0.120. The normalized spacial score (nSPS) is 20.2. The minimum absolute atomic E-state index is 0.209. The van der Waals surface area contributed by atoms with Crippen LogP contribution in [0.1, 0.15) is 111 Å². The van der Waals surface area contributed by atoms with Crippen LogP contribution >= 0.6 is 45.3 Å². The first-order valence-corrected chi connectivity index (χ1v) is 26.1. The monoisotopic (exact) mass is 1020 g/mol. The Labute approximate surface area is 413 Å². The summed E-state index contributed by atoms with van der Waals surface area (Å²) in [6, 6.07) is 3.08. The van der Waals surface area contributed by atoms with Gasteiger partial charge >= 0.3 is 12.1 Å². The molecule has 0 saturated carbocycles. The number of methoxy groups -OCH3 is 1. The number of esters is 1. The van der Waals surface area contributed by atoms with Gasteiger partial charge in [-0.05, 0) is 118 Å². The van der Waals surface area contributed by atoms with Crippen molar-refractivity contribution in [2.75, 3.05) is 54.6 Å². The van der Waals surface area contributed by atoms with Crippen LogP contribution in [0.4, 0.5) is 27.5 Å². The Bertz CT molecular complexity index is 2670. The van der Waals surface area contributed by atoms with Gasteiger partial charge in [-0.2, -0.15) is 0 Å². The van der Waals surface area contributed by atoms with Crippen LogP contribution in [0.3, 0.4) is 0 Å². The third kappa shape index (κ3) is 10.6. The molecular weight excluding hydrogens is 969 g/mol. The van der Waals surface area contributed by atoms with Crippen molar-refractivity contribution in [3.8, 4) is 0 Å². The summed E-state index contributed by atoms with van der Waals surface area (Å²) in [7, 11) is 1.25. The largest absolute Gasteiger partial charge is 0.465 e. The van der Waals surface area contributed by atoms with Crippen LogP contribution < -0.4 is 21.3 Å². The number of ether oxygens (including phenoxy) is 2. The summed E-state index contributed by atoms with van der Waals surface area (Å²) in [4.78, 5) is 129. The lowest BCUT2D eigenvalue weighted by Gasteiger charge is -2.28. The van der Waals surface area contributed by atoms with Gasteiger partial charge in [-0.15, -0.1) is 45.3 Å². The number of nitrogens with one attached hydrogen (secondary N) is 4. The summed E-state index contributed by atoms with van der Waals surface area (Å²) in [5.74, 6) is -3.80. The zero-order chi connectivity index (χ0) is 49.1. The molecule has 4 fully saturated rings. The third-order valence-corrected chi connectivity index (χ3v) is 15.9. The van der Waals surface area contributed by atoms with E-state index in [1.165, 1.54) is 26.7 Å². The van der Waals surface area contributed by atoms with E-state index in [-0.39, 0.29) is 49.7 Å². The van der Waals surface area contributed by atoms with Crippen molar-refractivity contribution in [2.24, 2.45) is 0 Å². The Hall–Kier alpha value is -6.17. The first-order valence-electron chi connectivity index (χ1n) is 22.6. The number of amides is 8. The van der Waals surface area contributed by atoms with Gasteiger partial charge in [0.2, 0.25) is 23.6 Å². The van der Waals surface area contributed by atoms with Crippen molar-refractivity contribution in [2.45, 2.75) is 102 Å². The fraction of sp³-hybridized carbons (Fsp3) is 0.457. The topological polar surface area (TPSA) is 233 Å². The zero-order valence-electron chi connectivity index (χ0n) is 38.3. The van der Waals surface area contributed by atoms with Crippen molar-refractivity contribution in [1.29, 1.82) is 0 Å². The molecule has 0 bridgehead atoms. The van der Waals surface area contributed by atoms with Gasteiger partial charge in [-0.1, -0.05) is 0 Å². The van der Waals surface area contributed by atoms with Gasteiger partial charge in [0, 0.05) is 26.2 Å². The van der Waals surface area contributed by atoms with Gasteiger partial charge < -0.3 is 45.4 Å². The summed E-state index contributed by atoms with van der Waals surface area (Å²) in [5, 5.41) is 18.0. The number of likely N-dealkylation sites (tertiary alicyclic amines) is 4. The number of carbonyl (C=O) groups is 9. The molecule has 4 N–H and O–H groups in total. The number of hydrogen-bond donors (Lipinski definition) is 4. The highest BCUT2D eigenvalue weighted by Gasteiger charge is 2.42. The summed E-state index contributed by atoms with van der Waals surface area (Å²) in [6.07, 6.45) is 3.25. The van der Waals surface area contributed by atoms with Crippen molar-refractivity contribution in [3.63, 3.8) is 0 Å². The second-order valence-electron chi connectivity index (χ2n) is 17.9. The molecule has 366 valence electrons. The third-order valence-electron chi connectivity index (χ3n) is 12.3. The quantitative estimate of drug-likeness (QED) is 0.108. The van der Waals surface area contributed by atoms with E-state index in [1.807, 2.05) is 0 Å². The highest BCUT2D eigenvalue weighted by atomic mass is 32.1. The lowest BCUT2D eigenvalue weighted by Crippen LogP contribution is -2.46. The Morgan fingerprint density at radius 3 is 1.09 bits per heavy atom. The van der Waals surface area contributed by atoms with E-state index in [1.54, 1.807) is 66.6 Å². The predicted molar refractivity (Wildman–Crippen MR) is 261 cm³/mol. The van der Waals surface area contributed by atoms with Gasteiger partial charge in [0.05, 0.1) is 29.9 Å². The Morgan fingerprint density at radius 2 is 0.768 bits per heavy atom. The highest BCUT2D eigenvalue weighted by molar-refractivity contribution is 7.13. The molecule has 8 rings (SSSR count). The van der Waals surface area contributed by atoms with Crippen LogP contribution in [0.25, 0.3) is 0 Å². The van der Waals surface area contributed by atoms with E-state index in [9.17, 15) is 43.2 Å². The molecule has 4 aliphatic heterocycles. The first-order chi connectivity index (χ1) is 33.0. The Balaban J connectivity index is 0.884. The molecule has 8 heterocycles. The maximum Gasteiger partial charge on any atom is 0.410 e. The van der Waals surface area contributed by atoms with E-state index in [0.29, 0.717) is 70.1 Å². The minimum Gasteiger partial charge on any atom is -0.465 e. The Morgan fingerprint density at radius 1 is 0.478 bits per heavy atom. The average molecular weight is 1020 g/mol. The first kappa shape index (κ1) is 49.3. The number of hydrogen-bond acceptors (Lipinski definition) is 15. The molecule has 4 saturated heterocycles. The molecule has 4 aromatic heterocycles. The van der Waals surface area contributed by atoms with Crippen molar-refractivity contribution in [3.05, 3.63) is 65.3 Å². The Kier molecular flexibility index (Phi) is 14.9. The van der Waals surface area contributed by atoms with Crippen LogP contribution in [0.15, 0.2) is 45.8 Å². The van der Waals surface area contributed by atoms with E-state index < -0.39 is 83.2 Å². The van der Waals surface area contributed by atoms with E-state index in [2.05, 4.69) is 21.3 Å². The molecule has 19 nitrogen and oxygen atoms in total. The van der Waals surface area contributed by atoms with Crippen molar-refractivity contribution < 1.29 is 52.6 Å². The molecule has 4 unspecified atom stereocenters. The maximum absolute atomic E-state index is 14.2. The second-order valence-corrected chi connectivity index (χ2v) is 21.6. The maximum atomic E-state index is 14.2. The van der Waals surface area contributed by atoms with Crippen molar-refractivity contribution in [1.82, 2.24) is 19.6 Å². The number of thiophene rings is 4. The molecule has 4 aliphatic rings. The zero-order valence-corrected chi connectivity index (χ0v) is 41.6. The van der Waals surface area contributed by atoms with Gasteiger partial charge in [-0.3, -0.25) is 38.5 Å². The van der Waals surface area contributed by atoms with E-state index in [4.69, 9.17) is 9.47 Å². The second kappa shape index (κ2) is 20.8. The van der Waals surface area contributed by atoms with Crippen molar-refractivity contribution >= 4 is 122 Å². The fourth-order valence-corrected chi connectivity index (χ4v) is 12.2. The molecule has 0 radical (unpaired) electrons. The van der Waals surface area contributed by atoms with Crippen LogP contribution in [0.5, 0.6) is 0 Å². The standard InChI is InChI=1S/C46H52N8O11S4/c1-46(2,3)65-45(63)54-20-8-12-32(54)40(58)49-27-15-23-68-35(27)43(61)52-18-6-10-30(52)38(56)47-25-13-21-66-33(25)41(59)51-17-5-9-29(51)37(55)48-26-14-22-67-34(26)42(60)53-19-7-11-31(53)39(57)50-28-16-24-69-36(28)44(62)64-4/h13-16,21-24,29-32H,5-12,17-20H2,1-4H3,(H,47,56)(H,48,55)(H,49,58)(H,50,57). The molecule has 0 aliphatic carbocycles. The number of nitrogens with zero attached hydrogens (tertiary/aromatic N) is 4. The van der Waals surface area contributed by atoms with Crippen LogP contribution in [0, 0.1) is 0 Å². The number of carbonyl (C=O) groups excluding carboxylic acids is 9. The average Bonchev–Trinajstić information content (AvgIpc) is 4.17. The predicted octanol–water partition coefficient (Wildman–Crippen LogP) is 6.79. The number of rotatable bonds is 12. The van der Waals surface area contributed by atoms with Gasteiger partial charge in [0.15, 0.2) is 0 Å².